The van der Waals surface area contributed by atoms with E-state index in [1.165, 1.54) is 0 Å². The van der Waals surface area contributed by atoms with Crippen molar-refractivity contribution in [1.82, 2.24) is 15.1 Å². The normalized spacial score (nSPS) is 22.2. The molecule has 0 spiro atoms. The number of carbonyl (C=O) groups excluding carboxylic acids is 1. The summed E-state index contributed by atoms with van der Waals surface area (Å²) in [7, 11) is 4.71. The van der Waals surface area contributed by atoms with Crippen molar-refractivity contribution in [2.75, 3.05) is 54.1 Å². The molecule has 7 nitrogen and oxygen atoms in total. The van der Waals surface area contributed by atoms with Crippen LogP contribution in [0.2, 0.25) is 0 Å². The molecule has 0 radical (unpaired) electrons. The Labute approximate surface area is 163 Å². The average molecular weight is 399 g/mol. The van der Waals surface area contributed by atoms with E-state index in [1.807, 2.05) is 12.1 Å². The maximum atomic E-state index is 13.3. The molecule has 2 heterocycles. The van der Waals surface area contributed by atoms with E-state index in [0.717, 1.165) is 5.56 Å². The van der Waals surface area contributed by atoms with Crippen molar-refractivity contribution >= 4 is 5.91 Å². The maximum absolute atomic E-state index is 13.3. The van der Waals surface area contributed by atoms with Gasteiger partial charge in [0.25, 0.3) is 5.92 Å². The summed E-state index contributed by atoms with van der Waals surface area (Å²) in [5.41, 5.74) is 1.01. The fourth-order valence-electron chi connectivity index (χ4n) is 3.72. The molecule has 0 bridgehead atoms. The van der Waals surface area contributed by atoms with Crippen molar-refractivity contribution in [2.45, 2.75) is 24.9 Å². The van der Waals surface area contributed by atoms with Crippen LogP contribution in [0, 0.1) is 0 Å². The molecule has 1 aromatic rings. The lowest BCUT2D eigenvalue weighted by Crippen LogP contribution is -2.52. The van der Waals surface area contributed by atoms with Crippen LogP contribution >= 0.6 is 0 Å². The third-order valence-electron chi connectivity index (χ3n) is 5.22. The monoisotopic (exact) mass is 399 g/mol. The van der Waals surface area contributed by atoms with Crippen LogP contribution in [-0.2, 0) is 11.3 Å². The molecule has 1 atom stereocenters. The molecule has 1 N–H and O–H groups in total. The number of methoxy groups -OCH3 is 3. The molecule has 0 saturated carbocycles. The number of piperazine rings is 1. The molecule has 0 aromatic heterocycles. The van der Waals surface area contributed by atoms with Crippen LogP contribution in [0.25, 0.3) is 0 Å². The van der Waals surface area contributed by atoms with Crippen molar-refractivity contribution in [3.05, 3.63) is 17.7 Å². The first-order valence-corrected chi connectivity index (χ1v) is 9.28. The summed E-state index contributed by atoms with van der Waals surface area (Å²) in [4.78, 5) is 16.3. The van der Waals surface area contributed by atoms with Gasteiger partial charge in [0.15, 0.2) is 11.5 Å². The Morgan fingerprint density at radius 3 is 2.18 bits per heavy atom. The zero-order valence-corrected chi connectivity index (χ0v) is 16.5. The highest BCUT2D eigenvalue weighted by atomic mass is 19.3. The molecular formula is C19H27F2N3O4. The molecule has 156 valence electrons. The second-order valence-corrected chi connectivity index (χ2v) is 7.13. The number of hydrogen-bond acceptors (Lipinski definition) is 6. The first-order valence-electron chi connectivity index (χ1n) is 9.28. The highest BCUT2D eigenvalue weighted by Crippen LogP contribution is 2.38. The molecule has 3 rings (SSSR count). The Kier molecular flexibility index (Phi) is 6.24. The minimum Gasteiger partial charge on any atom is -0.493 e. The Morgan fingerprint density at radius 1 is 1.11 bits per heavy atom. The molecule has 1 amide bonds. The van der Waals surface area contributed by atoms with Crippen LogP contribution in [-0.4, -0.2) is 81.7 Å². The van der Waals surface area contributed by atoms with Crippen LogP contribution in [0.1, 0.15) is 12.0 Å². The van der Waals surface area contributed by atoms with Gasteiger partial charge in [-0.2, -0.15) is 0 Å². The summed E-state index contributed by atoms with van der Waals surface area (Å²) < 4.78 is 42.8. The maximum Gasteiger partial charge on any atom is 0.262 e. The summed E-state index contributed by atoms with van der Waals surface area (Å²) in [6.07, 6.45) is -0.419. The van der Waals surface area contributed by atoms with Crippen LogP contribution in [0.3, 0.4) is 0 Å². The van der Waals surface area contributed by atoms with Crippen molar-refractivity contribution < 1.29 is 27.8 Å². The standard InChI is InChI=1S/C19H27F2N3O4/c1-26-15-8-13(9-16(27-2)17(15)28-3)11-23-4-6-24(7-5-23)18(25)14-10-19(20,21)12-22-14/h8-9,14,22H,4-7,10-12H2,1-3H3. The molecule has 28 heavy (non-hydrogen) atoms. The highest BCUT2D eigenvalue weighted by molar-refractivity contribution is 5.82. The number of halogens is 2. The van der Waals surface area contributed by atoms with Gasteiger partial charge in [-0.3, -0.25) is 15.0 Å². The average Bonchev–Trinajstić information content (AvgIpc) is 3.06. The number of alkyl halides is 2. The highest BCUT2D eigenvalue weighted by Gasteiger charge is 2.43. The van der Waals surface area contributed by atoms with Gasteiger partial charge >= 0.3 is 0 Å². The summed E-state index contributed by atoms with van der Waals surface area (Å²) in [6, 6.07) is 3.03. The Bertz CT molecular complexity index is 683. The third-order valence-corrected chi connectivity index (χ3v) is 5.22. The van der Waals surface area contributed by atoms with Gasteiger partial charge in [-0.15, -0.1) is 0 Å². The molecule has 1 unspecified atom stereocenters. The van der Waals surface area contributed by atoms with Crippen LogP contribution in [0.5, 0.6) is 17.2 Å². The Balaban J connectivity index is 1.58. The summed E-state index contributed by atoms with van der Waals surface area (Å²) >= 11 is 0. The number of nitrogens with one attached hydrogen (secondary N) is 1. The molecule has 2 aliphatic heterocycles. The molecule has 2 fully saturated rings. The van der Waals surface area contributed by atoms with Crippen LogP contribution < -0.4 is 19.5 Å². The van der Waals surface area contributed by atoms with Crippen molar-refractivity contribution in [1.29, 1.82) is 0 Å². The lowest BCUT2D eigenvalue weighted by atomic mass is 10.1. The first-order chi connectivity index (χ1) is 13.4. The van der Waals surface area contributed by atoms with E-state index in [4.69, 9.17) is 14.2 Å². The van der Waals surface area contributed by atoms with Crippen molar-refractivity contribution in [3.63, 3.8) is 0 Å². The lowest BCUT2D eigenvalue weighted by Gasteiger charge is -2.36. The molecule has 9 heteroatoms. The van der Waals surface area contributed by atoms with E-state index in [1.54, 1.807) is 26.2 Å². The van der Waals surface area contributed by atoms with E-state index in [0.29, 0.717) is 50.0 Å². The van der Waals surface area contributed by atoms with Gasteiger partial charge in [0.1, 0.15) is 0 Å². The number of hydrogen-bond donors (Lipinski definition) is 1. The second-order valence-electron chi connectivity index (χ2n) is 7.13. The Hall–Kier alpha value is -2.13. The predicted molar refractivity (Wildman–Crippen MR) is 99.3 cm³/mol. The molecule has 2 saturated heterocycles. The first kappa shape index (κ1) is 20.6. The van der Waals surface area contributed by atoms with Crippen LogP contribution in [0.15, 0.2) is 12.1 Å². The fraction of sp³-hybridized carbons (Fsp3) is 0.632. The summed E-state index contributed by atoms with van der Waals surface area (Å²) in [5, 5.41) is 2.64. The fourth-order valence-corrected chi connectivity index (χ4v) is 3.72. The predicted octanol–water partition coefficient (Wildman–Crippen LogP) is 1.35. The largest absolute Gasteiger partial charge is 0.493 e. The lowest BCUT2D eigenvalue weighted by molar-refractivity contribution is -0.135. The van der Waals surface area contributed by atoms with Gasteiger partial charge in [0.2, 0.25) is 11.7 Å². The zero-order valence-electron chi connectivity index (χ0n) is 16.5. The smallest absolute Gasteiger partial charge is 0.262 e. The number of ether oxygens (including phenoxy) is 3. The Morgan fingerprint density at radius 2 is 1.71 bits per heavy atom. The van der Waals surface area contributed by atoms with Gasteiger partial charge < -0.3 is 19.1 Å². The quantitative estimate of drug-likeness (QED) is 0.779. The topological polar surface area (TPSA) is 63.3 Å². The summed E-state index contributed by atoms with van der Waals surface area (Å²) in [6.45, 7) is 2.63. The number of benzene rings is 1. The van der Waals surface area contributed by atoms with Gasteiger partial charge in [0.05, 0.1) is 33.9 Å². The van der Waals surface area contributed by atoms with Gasteiger partial charge in [-0.25, -0.2) is 8.78 Å². The SMILES string of the molecule is COc1cc(CN2CCN(C(=O)C3CC(F)(F)CN3)CC2)cc(OC)c1OC. The van der Waals surface area contributed by atoms with E-state index in [9.17, 15) is 13.6 Å². The minimum atomic E-state index is -2.80. The number of amides is 1. The van der Waals surface area contributed by atoms with E-state index in [-0.39, 0.29) is 5.91 Å². The second kappa shape index (κ2) is 8.48. The van der Waals surface area contributed by atoms with E-state index >= 15 is 0 Å². The van der Waals surface area contributed by atoms with E-state index < -0.39 is 24.9 Å². The van der Waals surface area contributed by atoms with Crippen molar-refractivity contribution in [3.8, 4) is 17.2 Å². The molecule has 1 aromatic carbocycles. The van der Waals surface area contributed by atoms with Gasteiger partial charge in [-0.1, -0.05) is 0 Å². The minimum absolute atomic E-state index is 0.232. The van der Waals surface area contributed by atoms with Crippen LogP contribution in [0.4, 0.5) is 8.78 Å². The summed E-state index contributed by atoms with van der Waals surface area (Å²) in [5.74, 6) is -1.29. The van der Waals surface area contributed by atoms with Crippen molar-refractivity contribution in [2.24, 2.45) is 0 Å². The van der Waals surface area contributed by atoms with Gasteiger partial charge in [0, 0.05) is 39.1 Å². The molecular weight excluding hydrogens is 372 g/mol. The molecule has 2 aliphatic rings. The number of carbonyl (C=O) groups is 1. The zero-order chi connectivity index (χ0) is 20.3. The molecule has 0 aliphatic carbocycles. The number of nitrogens with zero attached hydrogens (tertiary/aromatic N) is 2. The number of rotatable bonds is 6. The van der Waals surface area contributed by atoms with Gasteiger partial charge in [-0.05, 0) is 17.7 Å². The van der Waals surface area contributed by atoms with E-state index in [2.05, 4.69) is 10.2 Å². The third kappa shape index (κ3) is 4.47.